The van der Waals surface area contributed by atoms with Crippen LogP contribution in [-0.2, 0) is 15.0 Å². The van der Waals surface area contributed by atoms with Gasteiger partial charge in [-0.2, -0.15) is 0 Å². The SMILES string of the molecule is O=C(C1CCN(C(=O)C2(c3ccc(Cl)cc3)CC2)CC1)N1CCCC1. The first-order chi connectivity index (χ1) is 12.1. The number of carbonyl (C=O) groups is 2. The molecule has 0 spiro atoms. The van der Waals surface area contributed by atoms with Crippen molar-refractivity contribution in [3.63, 3.8) is 0 Å². The highest BCUT2D eigenvalue weighted by atomic mass is 35.5. The van der Waals surface area contributed by atoms with E-state index in [4.69, 9.17) is 11.6 Å². The van der Waals surface area contributed by atoms with Gasteiger partial charge in [0.1, 0.15) is 0 Å². The second-order valence-electron chi connectivity index (χ2n) is 7.69. The topological polar surface area (TPSA) is 40.6 Å². The molecule has 1 aromatic rings. The maximum absolute atomic E-state index is 13.1. The maximum Gasteiger partial charge on any atom is 0.233 e. The van der Waals surface area contributed by atoms with Crippen molar-refractivity contribution in [3.8, 4) is 0 Å². The van der Waals surface area contributed by atoms with Crippen LogP contribution in [0, 0.1) is 5.92 Å². The highest BCUT2D eigenvalue weighted by molar-refractivity contribution is 6.30. The molecule has 2 saturated heterocycles. The lowest BCUT2D eigenvalue weighted by Gasteiger charge is -2.35. The van der Waals surface area contributed by atoms with Crippen LogP contribution in [0.4, 0.5) is 0 Å². The van der Waals surface area contributed by atoms with E-state index in [1.165, 1.54) is 0 Å². The Morgan fingerprint density at radius 3 is 2.08 bits per heavy atom. The van der Waals surface area contributed by atoms with E-state index in [1.807, 2.05) is 34.1 Å². The van der Waals surface area contributed by atoms with Gasteiger partial charge in [-0.25, -0.2) is 0 Å². The van der Waals surface area contributed by atoms with Crippen LogP contribution in [0.5, 0.6) is 0 Å². The molecule has 25 heavy (non-hydrogen) atoms. The minimum atomic E-state index is -0.337. The Balaban J connectivity index is 1.38. The van der Waals surface area contributed by atoms with Gasteiger partial charge in [-0.05, 0) is 56.2 Å². The van der Waals surface area contributed by atoms with Crippen molar-refractivity contribution in [1.29, 1.82) is 0 Å². The van der Waals surface area contributed by atoms with Crippen molar-refractivity contribution in [1.82, 2.24) is 9.80 Å². The Labute approximate surface area is 154 Å². The lowest BCUT2D eigenvalue weighted by atomic mass is 9.91. The van der Waals surface area contributed by atoms with Crippen molar-refractivity contribution in [3.05, 3.63) is 34.9 Å². The van der Waals surface area contributed by atoms with Gasteiger partial charge in [0, 0.05) is 37.1 Å². The van der Waals surface area contributed by atoms with Gasteiger partial charge in [0.05, 0.1) is 5.41 Å². The molecule has 0 aromatic heterocycles. The minimum absolute atomic E-state index is 0.104. The molecule has 0 N–H and O–H groups in total. The van der Waals surface area contributed by atoms with Gasteiger partial charge < -0.3 is 9.80 Å². The zero-order chi connectivity index (χ0) is 17.4. The number of amides is 2. The van der Waals surface area contributed by atoms with Crippen LogP contribution in [0.2, 0.25) is 5.02 Å². The molecule has 3 aliphatic rings. The second kappa shape index (κ2) is 6.64. The van der Waals surface area contributed by atoms with Crippen LogP contribution < -0.4 is 0 Å². The van der Waals surface area contributed by atoms with Gasteiger partial charge in [-0.3, -0.25) is 9.59 Å². The quantitative estimate of drug-likeness (QED) is 0.830. The fraction of sp³-hybridized carbons (Fsp3) is 0.600. The van der Waals surface area contributed by atoms with E-state index >= 15 is 0 Å². The van der Waals surface area contributed by atoms with Crippen molar-refractivity contribution in [2.45, 2.75) is 43.9 Å². The first-order valence-corrected chi connectivity index (χ1v) is 9.82. The highest BCUT2D eigenvalue weighted by Crippen LogP contribution is 2.50. The lowest BCUT2D eigenvalue weighted by molar-refractivity contribution is -0.141. The van der Waals surface area contributed by atoms with Gasteiger partial charge in [0.15, 0.2) is 0 Å². The lowest BCUT2D eigenvalue weighted by Crippen LogP contribution is -2.47. The van der Waals surface area contributed by atoms with Gasteiger partial charge in [-0.15, -0.1) is 0 Å². The number of likely N-dealkylation sites (tertiary alicyclic amines) is 2. The molecule has 1 aliphatic carbocycles. The summed E-state index contributed by atoms with van der Waals surface area (Å²) in [6.45, 7) is 3.24. The fourth-order valence-corrected chi connectivity index (χ4v) is 4.47. The number of halogens is 1. The number of benzene rings is 1. The minimum Gasteiger partial charge on any atom is -0.342 e. The molecular weight excluding hydrogens is 336 g/mol. The molecule has 134 valence electrons. The van der Waals surface area contributed by atoms with Crippen LogP contribution >= 0.6 is 11.6 Å². The van der Waals surface area contributed by atoms with Crippen LogP contribution in [-0.4, -0.2) is 47.8 Å². The third kappa shape index (κ3) is 3.17. The van der Waals surface area contributed by atoms with Gasteiger partial charge in [-0.1, -0.05) is 23.7 Å². The van der Waals surface area contributed by atoms with E-state index in [-0.39, 0.29) is 17.2 Å². The Kier molecular flexibility index (Phi) is 4.48. The van der Waals surface area contributed by atoms with E-state index < -0.39 is 0 Å². The summed E-state index contributed by atoms with van der Waals surface area (Å²) in [5, 5.41) is 0.702. The average molecular weight is 361 g/mol. The predicted octanol–water partition coefficient (Wildman–Crippen LogP) is 3.23. The number of hydrogen-bond donors (Lipinski definition) is 0. The van der Waals surface area contributed by atoms with Crippen molar-refractivity contribution >= 4 is 23.4 Å². The summed E-state index contributed by atoms with van der Waals surface area (Å²) >= 11 is 5.98. The number of piperidine rings is 1. The Morgan fingerprint density at radius 2 is 1.52 bits per heavy atom. The summed E-state index contributed by atoms with van der Waals surface area (Å²) in [5.74, 6) is 0.651. The van der Waals surface area contributed by atoms with Gasteiger partial charge >= 0.3 is 0 Å². The first kappa shape index (κ1) is 16.9. The molecule has 2 aliphatic heterocycles. The number of carbonyl (C=O) groups excluding carboxylic acids is 2. The smallest absolute Gasteiger partial charge is 0.233 e. The van der Waals surface area contributed by atoms with E-state index in [0.717, 1.165) is 57.2 Å². The summed E-state index contributed by atoms with van der Waals surface area (Å²) in [6.07, 6.45) is 5.70. The van der Waals surface area contributed by atoms with Gasteiger partial charge in [0.2, 0.25) is 11.8 Å². The molecule has 0 unspecified atom stereocenters. The summed E-state index contributed by atoms with van der Waals surface area (Å²) in [4.78, 5) is 29.6. The van der Waals surface area contributed by atoms with E-state index in [9.17, 15) is 9.59 Å². The third-order valence-corrected chi connectivity index (χ3v) is 6.36. The molecular formula is C20H25ClN2O2. The number of hydrogen-bond acceptors (Lipinski definition) is 2. The zero-order valence-corrected chi connectivity index (χ0v) is 15.3. The van der Waals surface area contributed by atoms with Crippen LogP contribution in [0.3, 0.4) is 0 Å². The molecule has 2 amide bonds. The first-order valence-electron chi connectivity index (χ1n) is 9.44. The van der Waals surface area contributed by atoms with Crippen LogP contribution in [0.25, 0.3) is 0 Å². The number of rotatable bonds is 3. The van der Waals surface area contributed by atoms with Crippen LogP contribution in [0.1, 0.15) is 44.1 Å². The monoisotopic (exact) mass is 360 g/mol. The Hall–Kier alpha value is -1.55. The average Bonchev–Trinajstić information content (AvgIpc) is 3.27. The Morgan fingerprint density at radius 1 is 0.920 bits per heavy atom. The normalized spacial score (nSPS) is 22.9. The summed E-state index contributed by atoms with van der Waals surface area (Å²) in [6, 6.07) is 7.70. The summed E-state index contributed by atoms with van der Waals surface area (Å²) < 4.78 is 0. The second-order valence-corrected chi connectivity index (χ2v) is 8.12. The summed E-state index contributed by atoms with van der Waals surface area (Å²) in [5.41, 5.74) is 0.744. The van der Waals surface area contributed by atoms with Crippen LogP contribution in [0.15, 0.2) is 24.3 Å². The molecule has 2 heterocycles. The molecule has 0 bridgehead atoms. The highest BCUT2D eigenvalue weighted by Gasteiger charge is 2.53. The Bertz CT molecular complexity index is 655. The predicted molar refractivity (Wildman–Crippen MR) is 97.5 cm³/mol. The molecule has 1 aromatic carbocycles. The van der Waals surface area contributed by atoms with E-state index in [1.54, 1.807) is 0 Å². The van der Waals surface area contributed by atoms with Crippen molar-refractivity contribution in [2.24, 2.45) is 5.92 Å². The largest absolute Gasteiger partial charge is 0.342 e. The molecule has 3 fully saturated rings. The molecule has 5 heteroatoms. The van der Waals surface area contributed by atoms with Gasteiger partial charge in [0.25, 0.3) is 0 Å². The standard InChI is InChI=1S/C20H25ClN2O2/c21-17-5-3-16(4-6-17)20(9-10-20)19(25)23-13-7-15(8-14-23)18(24)22-11-1-2-12-22/h3-6,15H,1-2,7-14H2. The molecule has 4 rings (SSSR count). The van der Waals surface area contributed by atoms with Crippen molar-refractivity contribution < 1.29 is 9.59 Å². The van der Waals surface area contributed by atoms with E-state index in [0.29, 0.717) is 24.0 Å². The molecule has 0 radical (unpaired) electrons. The maximum atomic E-state index is 13.1. The van der Waals surface area contributed by atoms with Crippen molar-refractivity contribution in [2.75, 3.05) is 26.2 Å². The molecule has 0 atom stereocenters. The third-order valence-electron chi connectivity index (χ3n) is 6.11. The summed E-state index contributed by atoms with van der Waals surface area (Å²) in [7, 11) is 0. The molecule has 4 nitrogen and oxygen atoms in total. The number of nitrogens with zero attached hydrogens (tertiary/aromatic N) is 2. The van der Waals surface area contributed by atoms with E-state index in [2.05, 4.69) is 0 Å². The molecule has 1 saturated carbocycles. The zero-order valence-electron chi connectivity index (χ0n) is 14.5. The fourth-order valence-electron chi connectivity index (χ4n) is 4.35.